The van der Waals surface area contributed by atoms with Crippen molar-refractivity contribution in [2.24, 2.45) is 0 Å². The molecule has 2 heterocycles. The van der Waals surface area contributed by atoms with E-state index in [0.717, 1.165) is 45.0 Å². The molecule has 1 atom stereocenters. The Hall–Kier alpha value is -1.13. The summed E-state index contributed by atoms with van der Waals surface area (Å²) in [6, 6.07) is 5.07. The predicted molar refractivity (Wildman–Crippen MR) is 85.2 cm³/mol. The highest BCUT2D eigenvalue weighted by Gasteiger charge is 2.26. The van der Waals surface area contributed by atoms with Gasteiger partial charge >= 0.3 is 0 Å². The largest absolute Gasteiger partial charge is 0.370 e. The number of anilines is 1. The van der Waals surface area contributed by atoms with Crippen LogP contribution in [0.1, 0.15) is 32.9 Å². The van der Waals surface area contributed by atoms with Crippen molar-refractivity contribution in [3.8, 4) is 0 Å². The summed E-state index contributed by atoms with van der Waals surface area (Å²) in [6.45, 7) is 13.1. The minimum Gasteiger partial charge on any atom is -0.370 e. The van der Waals surface area contributed by atoms with E-state index in [-0.39, 0.29) is 0 Å². The van der Waals surface area contributed by atoms with Crippen LogP contribution in [-0.4, -0.2) is 48.6 Å². The van der Waals surface area contributed by atoms with Crippen LogP contribution < -0.4 is 10.2 Å². The highest BCUT2D eigenvalue weighted by atomic mass is 15.2. The topological polar surface area (TPSA) is 31.4 Å². The summed E-state index contributed by atoms with van der Waals surface area (Å²) in [5, 5.41) is 3.34. The zero-order valence-electron chi connectivity index (χ0n) is 13.1. The zero-order valence-corrected chi connectivity index (χ0v) is 13.1. The summed E-state index contributed by atoms with van der Waals surface area (Å²) in [6.07, 6.45) is 3.21. The van der Waals surface area contributed by atoms with Crippen LogP contribution in [0.25, 0.3) is 0 Å². The van der Waals surface area contributed by atoms with Crippen molar-refractivity contribution in [3.63, 3.8) is 0 Å². The number of aromatic nitrogens is 1. The SMILES string of the molecule is CCNCc1cc(N2CCC(N(CC)CC)C2)ccn1. The van der Waals surface area contributed by atoms with Gasteiger partial charge in [0.05, 0.1) is 5.69 Å². The number of likely N-dealkylation sites (N-methyl/N-ethyl adjacent to an activating group) is 1. The van der Waals surface area contributed by atoms with Gasteiger partial charge in [0.25, 0.3) is 0 Å². The average Bonchev–Trinajstić information content (AvgIpc) is 2.96. The quantitative estimate of drug-likeness (QED) is 0.826. The molecule has 0 radical (unpaired) electrons. The average molecular weight is 276 g/mol. The lowest BCUT2D eigenvalue weighted by molar-refractivity contribution is 0.232. The molecule has 0 aliphatic carbocycles. The Morgan fingerprint density at radius 1 is 1.35 bits per heavy atom. The summed E-state index contributed by atoms with van der Waals surface area (Å²) < 4.78 is 0. The monoisotopic (exact) mass is 276 g/mol. The molecule has 112 valence electrons. The normalized spacial score (nSPS) is 19.0. The van der Waals surface area contributed by atoms with Crippen LogP contribution in [0.15, 0.2) is 18.3 Å². The number of nitrogens with zero attached hydrogens (tertiary/aromatic N) is 3. The number of hydrogen-bond acceptors (Lipinski definition) is 4. The fourth-order valence-electron chi connectivity index (χ4n) is 3.03. The minimum absolute atomic E-state index is 0.704. The minimum atomic E-state index is 0.704. The van der Waals surface area contributed by atoms with Gasteiger partial charge in [0.1, 0.15) is 0 Å². The lowest BCUT2D eigenvalue weighted by Crippen LogP contribution is -2.37. The number of hydrogen-bond donors (Lipinski definition) is 1. The third-order valence-corrected chi connectivity index (χ3v) is 4.21. The number of pyridine rings is 1. The second-order valence-corrected chi connectivity index (χ2v) is 5.40. The Morgan fingerprint density at radius 3 is 2.85 bits per heavy atom. The second kappa shape index (κ2) is 7.60. The maximum atomic E-state index is 4.44. The van der Waals surface area contributed by atoms with E-state index in [1.807, 2.05) is 6.20 Å². The van der Waals surface area contributed by atoms with E-state index in [4.69, 9.17) is 0 Å². The summed E-state index contributed by atoms with van der Waals surface area (Å²) in [5.74, 6) is 0. The van der Waals surface area contributed by atoms with E-state index in [1.165, 1.54) is 12.1 Å². The van der Waals surface area contributed by atoms with Gasteiger partial charge in [-0.3, -0.25) is 9.88 Å². The maximum Gasteiger partial charge on any atom is 0.0562 e. The standard InChI is InChI=1S/C16H28N4/c1-4-17-12-14-11-15(7-9-18-14)20-10-8-16(13-20)19(5-2)6-3/h7,9,11,16-17H,4-6,8,10,12-13H2,1-3H3. The van der Waals surface area contributed by atoms with Crippen molar-refractivity contribution in [3.05, 3.63) is 24.0 Å². The molecule has 4 heteroatoms. The summed E-state index contributed by atoms with van der Waals surface area (Å²) >= 11 is 0. The molecule has 1 fully saturated rings. The van der Waals surface area contributed by atoms with Gasteiger partial charge in [0.2, 0.25) is 0 Å². The van der Waals surface area contributed by atoms with Crippen molar-refractivity contribution >= 4 is 5.69 Å². The molecule has 0 spiro atoms. The van der Waals surface area contributed by atoms with E-state index in [0.29, 0.717) is 6.04 Å². The van der Waals surface area contributed by atoms with E-state index in [1.54, 1.807) is 0 Å². The fourth-order valence-corrected chi connectivity index (χ4v) is 3.03. The van der Waals surface area contributed by atoms with E-state index >= 15 is 0 Å². The van der Waals surface area contributed by atoms with Crippen molar-refractivity contribution < 1.29 is 0 Å². The molecule has 1 aromatic rings. The molecule has 20 heavy (non-hydrogen) atoms. The highest BCUT2D eigenvalue weighted by molar-refractivity contribution is 5.47. The van der Waals surface area contributed by atoms with Gasteiger partial charge in [0.15, 0.2) is 0 Å². The molecule has 0 saturated carbocycles. The molecule has 1 saturated heterocycles. The number of rotatable bonds is 7. The van der Waals surface area contributed by atoms with Gasteiger partial charge in [-0.2, -0.15) is 0 Å². The van der Waals surface area contributed by atoms with Gasteiger partial charge in [-0.1, -0.05) is 20.8 Å². The lowest BCUT2D eigenvalue weighted by Gasteiger charge is -2.26. The molecule has 2 rings (SSSR count). The van der Waals surface area contributed by atoms with E-state index in [2.05, 4.69) is 53.0 Å². The van der Waals surface area contributed by atoms with E-state index < -0.39 is 0 Å². The summed E-state index contributed by atoms with van der Waals surface area (Å²) in [5.41, 5.74) is 2.46. The summed E-state index contributed by atoms with van der Waals surface area (Å²) in [4.78, 5) is 9.51. The van der Waals surface area contributed by atoms with Gasteiger partial charge in [-0.05, 0) is 38.2 Å². The molecule has 0 amide bonds. The molecule has 1 aliphatic rings. The van der Waals surface area contributed by atoms with Crippen LogP contribution in [0.3, 0.4) is 0 Å². The van der Waals surface area contributed by atoms with Crippen LogP contribution in [0, 0.1) is 0 Å². The Labute approximate surface area is 123 Å². The van der Waals surface area contributed by atoms with Crippen LogP contribution in [-0.2, 0) is 6.54 Å². The van der Waals surface area contributed by atoms with E-state index in [9.17, 15) is 0 Å². The third kappa shape index (κ3) is 3.70. The molecule has 1 aliphatic heterocycles. The Kier molecular flexibility index (Phi) is 5.80. The predicted octanol–water partition coefficient (Wildman–Crippen LogP) is 2.11. The van der Waals surface area contributed by atoms with Crippen LogP contribution in [0.2, 0.25) is 0 Å². The molecule has 0 bridgehead atoms. The molecule has 1 N–H and O–H groups in total. The molecule has 1 aromatic heterocycles. The van der Waals surface area contributed by atoms with Crippen LogP contribution in [0.5, 0.6) is 0 Å². The molecular formula is C16H28N4. The van der Waals surface area contributed by atoms with Crippen molar-refractivity contribution in [1.29, 1.82) is 0 Å². The third-order valence-electron chi connectivity index (χ3n) is 4.21. The van der Waals surface area contributed by atoms with Crippen LogP contribution in [0.4, 0.5) is 5.69 Å². The van der Waals surface area contributed by atoms with Crippen LogP contribution >= 0.6 is 0 Å². The lowest BCUT2D eigenvalue weighted by atomic mass is 10.2. The fraction of sp³-hybridized carbons (Fsp3) is 0.688. The maximum absolute atomic E-state index is 4.44. The first-order chi connectivity index (χ1) is 9.78. The van der Waals surface area contributed by atoms with Gasteiger partial charge in [0, 0.05) is 37.6 Å². The van der Waals surface area contributed by atoms with Crippen molar-refractivity contribution in [2.75, 3.05) is 37.6 Å². The van der Waals surface area contributed by atoms with Crippen molar-refractivity contribution in [2.45, 2.75) is 39.8 Å². The highest BCUT2D eigenvalue weighted by Crippen LogP contribution is 2.23. The smallest absolute Gasteiger partial charge is 0.0562 e. The molecule has 1 unspecified atom stereocenters. The molecule has 0 aromatic carbocycles. The van der Waals surface area contributed by atoms with Gasteiger partial charge in [-0.25, -0.2) is 0 Å². The Balaban J connectivity index is 1.98. The first-order valence-corrected chi connectivity index (χ1v) is 7.93. The van der Waals surface area contributed by atoms with Gasteiger partial charge < -0.3 is 10.2 Å². The van der Waals surface area contributed by atoms with Crippen molar-refractivity contribution in [1.82, 2.24) is 15.2 Å². The number of nitrogens with one attached hydrogen (secondary N) is 1. The molecular weight excluding hydrogens is 248 g/mol. The Bertz CT molecular complexity index is 403. The molecule has 4 nitrogen and oxygen atoms in total. The summed E-state index contributed by atoms with van der Waals surface area (Å²) in [7, 11) is 0. The Morgan fingerprint density at radius 2 is 2.15 bits per heavy atom. The van der Waals surface area contributed by atoms with Gasteiger partial charge in [-0.15, -0.1) is 0 Å². The first kappa shape index (κ1) is 15.3. The zero-order chi connectivity index (χ0) is 14.4. The second-order valence-electron chi connectivity index (χ2n) is 5.40. The first-order valence-electron chi connectivity index (χ1n) is 7.93.